The van der Waals surface area contributed by atoms with Gasteiger partial charge in [-0.25, -0.2) is 9.18 Å². The second-order valence-electron chi connectivity index (χ2n) is 5.01. The van der Waals surface area contributed by atoms with Crippen LogP contribution in [0.2, 0.25) is 0 Å². The number of likely N-dealkylation sites (tertiary alicyclic amines) is 1. The van der Waals surface area contributed by atoms with Gasteiger partial charge in [0, 0.05) is 30.7 Å². The zero-order valence-corrected chi connectivity index (χ0v) is 11.1. The molecule has 1 aliphatic heterocycles. The summed E-state index contributed by atoms with van der Waals surface area (Å²) in [6.07, 6.45) is 1.70. The smallest absolute Gasteiger partial charge is 0.314 e. The van der Waals surface area contributed by atoms with Gasteiger partial charge < -0.3 is 16.0 Å². The molecule has 1 atom stereocenters. The van der Waals surface area contributed by atoms with Crippen LogP contribution in [0.25, 0.3) is 0 Å². The molecule has 0 radical (unpaired) electrons. The molecular weight excluding hydrogens is 245 g/mol. The fourth-order valence-electron chi connectivity index (χ4n) is 2.54. The summed E-state index contributed by atoms with van der Waals surface area (Å²) in [7, 11) is 0. The Balaban J connectivity index is 1.89. The number of urea groups is 1. The third-order valence-electron chi connectivity index (χ3n) is 3.66. The van der Waals surface area contributed by atoms with Crippen molar-refractivity contribution in [1.29, 1.82) is 0 Å². The highest BCUT2D eigenvalue weighted by molar-refractivity contribution is 5.72. The average molecular weight is 265 g/mol. The van der Waals surface area contributed by atoms with Crippen molar-refractivity contribution in [2.75, 3.05) is 13.1 Å². The number of carbonyl (C=O) groups excluding carboxylic acids is 1. The minimum atomic E-state index is -0.361. The van der Waals surface area contributed by atoms with Crippen molar-refractivity contribution in [2.45, 2.75) is 31.8 Å². The van der Waals surface area contributed by atoms with Gasteiger partial charge in [-0.15, -0.1) is 0 Å². The molecule has 0 bridgehead atoms. The molecule has 1 heterocycles. The van der Waals surface area contributed by atoms with Crippen LogP contribution in [0.4, 0.5) is 9.18 Å². The number of nitrogens with zero attached hydrogens (tertiary/aromatic N) is 1. The van der Waals surface area contributed by atoms with E-state index in [0.717, 1.165) is 12.8 Å². The van der Waals surface area contributed by atoms with E-state index in [1.807, 2.05) is 13.0 Å². The number of hydrogen-bond acceptors (Lipinski definition) is 2. The molecule has 0 spiro atoms. The second kappa shape index (κ2) is 6.02. The first-order valence-electron chi connectivity index (χ1n) is 6.63. The fraction of sp³-hybridized carbons (Fsp3) is 0.500. The number of primary amides is 1. The number of halogens is 1. The number of nitrogens with one attached hydrogen (secondary N) is 1. The van der Waals surface area contributed by atoms with Gasteiger partial charge in [-0.1, -0.05) is 18.2 Å². The minimum Gasteiger partial charge on any atom is -0.351 e. The number of amides is 2. The van der Waals surface area contributed by atoms with Crippen molar-refractivity contribution >= 4 is 6.03 Å². The quantitative estimate of drug-likeness (QED) is 0.878. The molecule has 2 rings (SSSR count). The predicted molar refractivity (Wildman–Crippen MR) is 72.1 cm³/mol. The van der Waals surface area contributed by atoms with Crippen molar-refractivity contribution in [1.82, 2.24) is 10.2 Å². The standard InChI is InChI=1S/C14H20FN3O/c1-10(12-4-2-3-5-13(12)15)17-11-6-8-18(9-7-11)14(16)19/h2-5,10-11,17H,6-9H2,1H3,(H2,16,19)/t10-/m1/s1. The van der Waals surface area contributed by atoms with E-state index in [2.05, 4.69) is 5.32 Å². The van der Waals surface area contributed by atoms with Crippen molar-refractivity contribution in [2.24, 2.45) is 5.73 Å². The Labute approximate surface area is 112 Å². The zero-order chi connectivity index (χ0) is 13.8. The molecule has 1 aromatic carbocycles. The zero-order valence-electron chi connectivity index (χ0n) is 11.1. The van der Waals surface area contributed by atoms with Gasteiger partial charge >= 0.3 is 6.03 Å². The molecule has 5 heteroatoms. The van der Waals surface area contributed by atoms with E-state index in [4.69, 9.17) is 5.73 Å². The van der Waals surface area contributed by atoms with Gasteiger partial charge in [0.25, 0.3) is 0 Å². The average Bonchev–Trinajstić information content (AvgIpc) is 2.39. The highest BCUT2D eigenvalue weighted by Gasteiger charge is 2.23. The monoisotopic (exact) mass is 265 g/mol. The molecule has 2 amide bonds. The van der Waals surface area contributed by atoms with Crippen LogP contribution >= 0.6 is 0 Å². The summed E-state index contributed by atoms with van der Waals surface area (Å²) in [5.41, 5.74) is 5.92. The van der Waals surface area contributed by atoms with Gasteiger partial charge in [-0.05, 0) is 25.8 Å². The van der Waals surface area contributed by atoms with E-state index in [1.165, 1.54) is 6.07 Å². The molecule has 3 N–H and O–H groups in total. The van der Waals surface area contributed by atoms with Crippen LogP contribution in [0.5, 0.6) is 0 Å². The summed E-state index contributed by atoms with van der Waals surface area (Å²) in [5.74, 6) is -0.183. The van der Waals surface area contributed by atoms with Crippen LogP contribution < -0.4 is 11.1 Å². The Morgan fingerprint density at radius 1 is 1.42 bits per heavy atom. The normalized spacial score (nSPS) is 18.3. The predicted octanol–water partition coefficient (Wildman–Crippen LogP) is 2.02. The molecule has 1 aromatic rings. The maximum atomic E-state index is 13.7. The molecule has 0 aliphatic carbocycles. The first-order valence-corrected chi connectivity index (χ1v) is 6.63. The van der Waals surface area contributed by atoms with Crippen molar-refractivity contribution in [3.8, 4) is 0 Å². The topological polar surface area (TPSA) is 58.4 Å². The van der Waals surface area contributed by atoms with Gasteiger partial charge in [-0.3, -0.25) is 0 Å². The summed E-state index contributed by atoms with van der Waals surface area (Å²) in [6.45, 7) is 3.28. The van der Waals surface area contributed by atoms with Gasteiger partial charge in [0.2, 0.25) is 0 Å². The Hall–Kier alpha value is -1.62. The van der Waals surface area contributed by atoms with E-state index >= 15 is 0 Å². The van der Waals surface area contributed by atoms with Crippen molar-refractivity contribution in [3.05, 3.63) is 35.6 Å². The molecule has 4 nitrogen and oxygen atoms in total. The Morgan fingerprint density at radius 2 is 2.05 bits per heavy atom. The van der Waals surface area contributed by atoms with Crippen LogP contribution in [0.1, 0.15) is 31.4 Å². The van der Waals surface area contributed by atoms with E-state index in [-0.39, 0.29) is 17.9 Å². The van der Waals surface area contributed by atoms with Crippen LogP contribution in [0, 0.1) is 5.82 Å². The Kier molecular flexibility index (Phi) is 4.37. The van der Waals surface area contributed by atoms with Crippen LogP contribution in [-0.4, -0.2) is 30.1 Å². The lowest BCUT2D eigenvalue weighted by molar-refractivity contribution is 0.183. The van der Waals surface area contributed by atoms with Crippen LogP contribution in [0.15, 0.2) is 24.3 Å². The van der Waals surface area contributed by atoms with Crippen LogP contribution in [0.3, 0.4) is 0 Å². The summed E-state index contributed by atoms with van der Waals surface area (Å²) in [4.78, 5) is 12.7. The number of piperidine rings is 1. The van der Waals surface area contributed by atoms with Gasteiger partial charge in [0.15, 0.2) is 0 Å². The first-order chi connectivity index (χ1) is 9.08. The fourth-order valence-corrected chi connectivity index (χ4v) is 2.54. The third kappa shape index (κ3) is 3.44. The lowest BCUT2D eigenvalue weighted by atomic mass is 10.0. The third-order valence-corrected chi connectivity index (χ3v) is 3.66. The Bertz CT molecular complexity index is 444. The maximum absolute atomic E-state index is 13.7. The summed E-state index contributed by atoms with van der Waals surface area (Å²) in [5, 5.41) is 3.42. The molecule has 0 saturated carbocycles. The van der Waals surface area contributed by atoms with Gasteiger partial charge in [0.1, 0.15) is 5.82 Å². The molecule has 19 heavy (non-hydrogen) atoms. The highest BCUT2D eigenvalue weighted by Crippen LogP contribution is 2.19. The molecule has 104 valence electrons. The molecule has 1 saturated heterocycles. The largest absolute Gasteiger partial charge is 0.351 e. The molecule has 0 aromatic heterocycles. The first kappa shape index (κ1) is 13.8. The molecule has 1 fully saturated rings. The number of rotatable bonds is 3. The second-order valence-corrected chi connectivity index (χ2v) is 5.01. The molecule has 1 aliphatic rings. The summed E-state index contributed by atoms with van der Waals surface area (Å²) >= 11 is 0. The lowest BCUT2D eigenvalue weighted by Crippen LogP contribution is -2.47. The van der Waals surface area contributed by atoms with Gasteiger partial charge in [-0.2, -0.15) is 0 Å². The van der Waals surface area contributed by atoms with Crippen molar-refractivity contribution < 1.29 is 9.18 Å². The molecular formula is C14H20FN3O. The van der Waals surface area contributed by atoms with Gasteiger partial charge in [0.05, 0.1) is 0 Å². The number of benzene rings is 1. The van der Waals surface area contributed by atoms with E-state index in [1.54, 1.807) is 17.0 Å². The lowest BCUT2D eigenvalue weighted by Gasteiger charge is -2.33. The summed E-state index contributed by atoms with van der Waals surface area (Å²) < 4.78 is 13.7. The minimum absolute atomic E-state index is 0.0358. The van der Waals surface area contributed by atoms with Crippen LogP contribution in [-0.2, 0) is 0 Å². The SMILES string of the molecule is C[C@@H](NC1CCN(C(N)=O)CC1)c1ccccc1F. The van der Waals surface area contributed by atoms with Crippen molar-refractivity contribution in [3.63, 3.8) is 0 Å². The maximum Gasteiger partial charge on any atom is 0.314 e. The van der Waals surface area contributed by atoms with E-state index < -0.39 is 0 Å². The summed E-state index contributed by atoms with van der Waals surface area (Å²) in [6, 6.07) is 6.70. The van der Waals surface area contributed by atoms with E-state index in [0.29, 0.717) is 24.7 Å². The highest BCUT2D eigenvalue weighted by atomic mass is 19.1. The number of nitrogens with two attached hydrogens (primary N) is 1. The van der Waals surface area contributed by atoms with E-state index in [9.17, 15) is 9.18 Å². The Morgan fingerprint density at radius 3 is 2.63 bits per heavy atom. The number of carbonyl (C=O) groups is 1. The molecule has 0 unspecified atom stereocenters. The number of hydrogen-bond donors (Lipinski definition) is 2.